The molecule has 7 heteroatoms. The van der Waals surface area contributed by atoms with Gasteiger partial charge in [0, 0.05) is 43.2 Å². The number of rotatable bonds is 5. The second-order valence-electron chi connectivity index (χ2n) is 7.03. The number of carbonyl (C=O) groups is 1. The summed E-state index contributed by atoms with van der Waals surface area (Å²) < 4.78 is 9.48. The van der Waals surface area contributed by atoms with E-state index < -0.39 is 0 Å². The average Bonchev–Trinajstić information content (AvgIpc) is 3.34. The summed E-state index contributed by atoms with van der Waals surface area (Å²) in [5.74, 6) is 0.120. The van der Waals surface area contributed by atoms with Gasteiger partial charge in [0.05, 0.1) is 30.6 Å². The van der Waals surface area contributed by atoms with E-state index in [0.717, 1.165) is 22.6 Å². The predicted molar refractivity (Wildman–Crippen MR) is 105 cm³/mol. The Morgan fingerprint density at radius 3 is 2.79 bits per heavy atom. The van der Waals surface area contributed by atoms with Crippen LogP contribution >= 0.6 is 0 Å². The molecular weight excluding hydrogens is 354 g/mol. The van der Waals surface area contributed by atoms with Crippen LogP contribution in [-0.4, -0.2) is 50.1 Å². The van der Waals surface area contributed by atoms with Crippen molar-refractivity contribution >= 4 is 5.91 Å². The van der Waals surface area contributed by atoms with Gasteiger partial charge in [-0.15, -0.1) is 0 Å². The Labute approximate surface area is 164 Å². The normalized spacial score (nSPS) is 17.1. The second-order valence-corrected chi connectivity index (χ2v) is 7.03. The number of benzene rings is 1. The highest BCUT2D eigenvalue weighted by Crippen LogP contribution is 2.31. The number of carbonyl (C=O) groups excluding carboxylic acids is 1. The van der Waals surface area contributed by atoms with Gasteiger partial charge < -0.3 is 9.64 Å². The van der Waals surface area contributed by atoms with E-state index in [1.165, 1.54) is 0 Å². The van der Waals surface area contributed by atoms with Crippen molar-refractivity contribution in [3.05, 3.63) is 65.7 Å². The summed E-state index contributed by atoms with van der Waals surface area (Å²) in [6, 6.07) is 11.8. The summed E-state index contributed by atoms with van der Waals surface area (Å²) in [6.45, 7) is 6.30. The van der Waals surface area contributed by atoms with Gasteiger partial charge in [-0.2, -0.15) is 10.2 Å². The maximum Gasteiger partial charge on any atom is 0.225 e. The fraction of sp³-hybridized carbons (Fsp3) is 0.381. The van der Waals surface area contributed by atoms with Crippen LogP contribution in [-0.2, 0) is 16.1 Å². The number of ether oxygens (including phenoxy) is 1. The SMILES string of the molecule is Cc1nn(-c2ccccc2)c(C)c1[C@@H]1COCCN1C(=O)CCn1cccn1. The summed E-state index contributed by atoms with van der Waals surface area (Å²) in [6.07, 6.45) is 4.03. The molecule has 4 rings (SSSR count). The fourth-order valence-corrected chi connectivity index (χ4v) is 3.89. The van der Waals surface area contributed by atoms with E-state index in [1.54, 1.807) is 10.9 Å². The van der Waals surface area contributed by atoms with Crippen LogP contribution in [0.15, 0.2) is 48.8 Å². The number of amides is 1. The molecule has 1 aliphatic rings. The zero-order valence-corrected chi connectivity index (χ0v) is 16.3. The van der Waals surface area contributed by atoms with Gasteiger partial charge in [-0.3, -0.25) is 9.48 Å². The molecule has 1 aromatic carbocycles. The molecule has 0 spiro atoms. The van der Waals surface area contributed by atoms with Crippen LogP contribution in [0.25, 0.3) is 5.69 Å². The van der Waals surface area contributed by atoms with Crippen LogP contribution in [0.4, 0.5) is 0 Å². The van der Waals surface area contributed by atoms with Gasteiger partial charge in [0.1, 0.15) is 0 Å². The van der Waals surface area contributed by atoms with E-state index in [1.807, 2.05) is 59.1 Å². The number of aromatic nitrogens is 4. The lowest BCUT2D eigenvalue weighted by Crippen LogP contribution is -2.44. The standard InChI is InChI=1S/C21H25N5O2/c1-16-21(17(2)26(23-16)18-7-4-3-5-8-18)19-15-28-14-13-25(19)20(27)9-12-24-11-6-10-22-24/h3-8,10-11,19H,9,12-15H2,1-2H3/t19-/m0/s1. The minimum absolute atomic E-state index is 0.115. The van der Waals surface area contributed by atoms with E-state index in [9.17, 15) is 4.79 Å². The molecule has 0 unspecified atom stereocenters. The number of hydrogen-bond acceptors (Lipinski definition) is 4. The van der Waals surface area contributed by atoms with Crippen molar-refractivity contribution in [3.8, 4) is 5.69 Å². The molecule has 0 saturated carbocycles. The summed E-state index contributed by atoms with van der Waals surface area (Å²) in [7, 11) is 0. The van der Waals surface area contributed by atoms with Crippen molar-refractivity contribution in [1.82, 2.24) is 24.5 Å². The van der Waals surface area contributed by atoms with Crippen LogP contribution in [0.3, 0.4) is 0 Å². The van der Waals surface area contributed by atoms with E-state index >= 15 is 0 Å². The second kappa shape index (κ2) is 7.98. The first-order chi connectivity index (χ1) is 13.6. The first kappa shape index (κ1) is 18.4. The minimum atomic E-state index is -0.115. The Bertz CT molecular complexity index is 933. The molecule has 28 heavy (non-hydrogen) atoms. The first-order valence-corrected chi connectivity index (χ1v) is 9.61. The lowest BCUT2D eigenvalue weighted by atomic mass is 10.0. The van der Waals surface area contributed by atoms with Crippen LogP contribution in [0.2, 0.25) is 0 Å². The third-order valence-electron chi connectivity index (χ3n) is 5.24. The van der Waals surface area contributed by atoms with Gasteiger partial charge in [0.15, 0.2) is 0 Å². The van der Waals surface area contributed by atoms with E-state index in [2.05, 4.69) is 12.0 Å². The first-order valence-electron chi connectivity index (χ1n) is 9.61. The Kier molecular flexibility index (Phi) is 5.25. The van der Waals surface area contributed by atoms with Crippen LogP contribution in [0.1, 0.15) is 29.4 Å². The maximum absolute atomic E-state index is 13.0. The molecule has 1 amide bonds. The minimum Gasteiger partial charge on any atom is -0.377 e. The van der Waals surface area contributed by atoms with Gasteiger partial charge in [0.2, 0.25) is 5.91 Å². The smallest absolute Gasteiger partial charge is 0.225 e. The van der Waals surface area contributed by atoms with Crippen LogP contribution in [0.5, 0.6) is 0 Å². The van der Waals surface area contributed by atoms with Gasteiger partial charge in [-0.05, 0) is 32.0 Å². The molecule has 0 radical (unpaired) electrons. The van der Waals surface area contributed by atoms with Crippen molar-refractivity contribution in [2.45, 2.75) is 32.9 Å². The molecule has 1 atom stereocenters. The molecule has 3 aromatic rings. The Morgan fingerprint density at radius 2 is 2.04 bits per heavy atom. The monoisotopic (exact) mass is 379 g/mol. The number of para-hydroxylation sites is 1. The third kappa shape index (κ3) is 3.57. The quantitative estimate of drug-likeness (QED) is 0.684. The molecular formula is C21H25N5O2. The lowest BCUT2D eigenvalue weighted by molar-refractivity contribution is -0.140. The molecule has 146 valence electrons. The zero-order valence-electron chi connectivity index (χ0n) is 16.3. The van der Waals surface area contributed by atoms with Gasteiger partial charge in [0.25, 0.3) is 0 Å². The van der Waals surface area contributed by atoms with Crippen molar-refractivity contribution in [3.63, 3.8) is 0 Å². The molecule has 3 heterocycles. The highest BCUT2D eigenvalue weighted by atomic mass is 16.5. The van der Waals surface area contributed by atoms with Gasteiger partial charge in [-0.1, -0.05) is 18.2 Å². The van der Waals surface area contributed by atoms with Crippen molar-refractivity contribution in [2.24, 2.45) is 0 Å². The largest absolute Gasteiger partial charge is 0.377 e. The number of aryl methyl sites for hydroxylation is 2. The average molecular weight is 379 g/mol. The number of morpholine rings is 1. The summed E-state index contributed by atoms with van der Waals surface area (Å²) in [5, 5.41) is 8.93. The zero-order chi connectivity index (χ0) is 19.5. The molecule has 1 saturated heterocycles. The number of hydrogen-bond donors (Lipinski definition) is 0. The predicted octanol–water partition coefficient (Wildman–Crippen LogP) is 2.68. The highest BCUT2D eigenvalue weighted by Gasteiger charge is 2.32. The summed E-state index contributed by atoms with van der Waals surface area (Å²) in [4.78, 5) is 14.9. The summed E-state index contributed by atoms with van der Waals surface area (Å²) in [5.41, 5.74) is 4.07. The van der Waals surface area contributed by atoms with Crippen molar-refractivity contribution in [2.75, 3.05) is 19.8 Å². The van der Waals surface area contributed by atoms with Crippen molar-refractivity contribution in [1.29, 1.82) is 0 Å². The third-order valence-corrected chi connectivity index (χ3v) is 5.24. The van der Waals surface area contributed by atoms with Crippen molar-refractivity contribution < 1.29 is 9.53 Å². The molecule has 1 fully saturated rings. The molecule has 0 aliphatic carbocycles. The number of nitrogens with zero attached hydrogens (tertiary/aromatic N) is 5. The molecule has 7 nitrogen and oxygen atoms in total. The molecule has 1 aliphatic heterocycles. The van der Waals surface area contributed by atoms with Gasteiger partial charge in [-0.25, -0.2) is 4.68 Å². The Hall–Kier alpha value is -2.93. The van der Waals surface area contributed by atoms with E-state index in [-0.39, 0.29) is 11.9 Å². The van der Waals surface area contributed by atoms with Crippen LogP contribution in [0, 0.1) is 13.8 Å². The molecule has 2 aromatic heterocycles. The van der Waals surface area contributed by atoms with E-state index in [0.29, 0.717) is 32.7 Å². The fourth-order valence-electron chi connectivity index (χ4n) is 3.89. The Balaban J connectivity index is 1.59. The van der Waals surface area contributed by atoms with E-state index in [4.69, 9.17) is 9.84 Å². The topological polar surface area (TPSA) is 65.2 Å². The van der Waals surface area contributed by atoms with Gasteiger partial charge >= 0.3 is 0 Å². The lowest BCUT2D eigenvalue weighted by Gasteiger charge is -2.36. The Morgan fingerprint density at radius 1 is 1.21 bits per heavy atom. The molecule has 0 N–H and O–H groups in total. The molecule has 0 bridgehead atoms. The summed E-state index contributed by atoms with van der Waals surface area (Å²) >= 11 is 0. The van der Waals surface area contributed by atoms with Crippen LogP contribution < -0.4 is 0 Å². The maximum atomic E-state index is 13.0. The highest BCUT2D eigenvalue weighted by molar-refractivity contribution is 5.77.